The van der Waals surface area contributed by atoms with Crippen LogP contribution in [0, 0.1) is 0 Å². The van der Waals surface area contributed by atoms with Crippen molar-refractivity contribution in [2.24, 2.45) is 10.2 Å². The normalized spacial score (nSPS) is 15.0. The number of ketones is 1. The van der Waals surface area contributed by atoms with Gasteiger partial charge in [0.1, 0.15) is 0 Å². The molecule has 4 nitrogen and oxygen atoms in total. The zero-order valence-electron chi connectivity index (χ0n) is 10.5. The van der Waals surface area contributed by atoms with Crippen LogP contribution in [0.4, 0.5) is 11.4 Å². The van der Waals surface area contributed by atoms with E-state index in [-0.39, 0.29) is 5.78 Å². The first-order valence-electron chi connectivity index (χ1n) is 5.75. The van der Waals surface area contributed by atoms with Crippen LogP contribution in [-0.4, -0.2) is 19.9 Å². The van der Waals surface area contributed by atoms with Crippen LogP contribution in [0.15, 0.2) is 58.4 Å². The van der Waals surface area contributed by atoms with Crippen molar-refractivity contribution in [1.82, 2.24) is 0 Å². The molecule has 1 aliphatic rings. The van der Waals surface area contributed by atoms with E-state index >= 15 is 0 Å². The highest BCUT2D eigenvalue weighted by atomic mass is 16.1. The predicted octanol–water partition coefficient (Wildman–Crippen LogP) is 3.25. The van der Waals surface area contributed by atoms with Gasteiger partial charge in [0.15, 0.2) is 5.78 Å². The summed E-state index contributed by atoms with van der Waals surface area (Å²) in [5, 5.41) is 8.23. The maximum Gasteiger partial charge on any atom is 0.159 e. The minimum atomic E-state index is 0.101. The van der Waals surface area contributed by atoms with Crippen LogP contribution in [-0.2, 0) is 4.79 Å². The van der Waals surface area contributed by atoms with E-state index in [9.17, 15) is 4.79 Å². The quantitative estimate of drug-likeness (QED) is 0.762. The summed E-state index contributed by atoms with van der Waals surface area (Å²) < 4.78 is 0. The fourth-order valence-electron chi connectivity index (χ4n) is 1.53. The first-order valence-corrected chi connectivity index (χ1v) is 5.75. The van der Waals surface area contributed by atoms with Crippen LogP contribution in [0.25, 0.3) is 0 Å². The molecule has 1 aliphatic carbocycles. The Bertz CT molecular complexity index is 524. The highest BCUT2D eigenvalue weighted by Crippen LogP contribution is 2.20. The predicted molar refractivity (Wildman–Crippen MR) is 72.1 cm³/mol. The van der Waals surface area contributed by atoms with Crippen LogP contribution in [0.2, 0.25) is 0 Å². The van der Waals surface area contributed by atoms with Crippen LogP contribution in [0.5, 0.6) is 0 Å². The summed E-state index contributed by atoms with van der Waals surface area (Å²) in [5.41, 5.74) is 2.65. The molecular formula is C14H15N3O. The van der Waals surface area contributed by atoms with Crippen molar-refractivity contribution in [3.8, 4) is 0 Å². The number of carbonyl (C=O) groups is 1. The van der Waals surface area contributed by atoms with Crippen molar-refractivity contribution < 1.29 is 4.79 Å². The lowest BCUT2D eigenvalue weighted by molar-refractivity contribution is -0.113. The highest BCUT2D eigenvalue weighted by molar-refractivity contribution is 5.92. The van der Waals surface area contributed by atoms with Gasteiger partial charge in [-0.3, -0.25) is 4.79 Å². The van der Waals surface area contributed by atoms with Crippen molar-refractivity contribution in [3.63, 3.8) is 0 Å². The van der Waals surface area contributed by atoms with Crippen molar-refractivity contribution in [2.75, 3.05) is 19.0 Å². The monoisotopic (exact) mass is 241 g/mol. The van der Waals surface area contributed by atoms with Gasteiger partial charge >= 0.3 is 0 Å². The molecule has 0 aliphatic heterocycles. The summed E-state index contributed by atoms with van der Waals surface area (Å²) in [4.78, 5) is 13.0. The van der Waals surface area contributed by atoms with Crippen LogP contribution < -0.4 is 4.90 Å². The second-order valence-electron chi connectivity index (χ2n) is 4.24. The van der Waals surface area contributed by atoms with Gasteiger partial charge in [0.2, 0.25) is 0 Å². The molecule has 0 bridgehead atoms. The molecule has 0 saturated heterocycles. The van der Waals surface area contributed by atoms with E-state index in [0.29, 0.717) is 6.42 Å². The average molecular weight is 241 g/mol. The van der Waals surface area contributed by atoms with E-state index in [4.69, 9.17) is 0 Å². The first kappa shape index (κ1) is 12.2. The molecule has 0 fully saturated rings. The van der Waals surface area contributed by atoms with E-state index in [1.165, 1.54) is 6.08 Å². The van der Waals surface area contributed by atoms with Gasteiger partial charge in [-0.2, -0.15) is 10.2 Å². The zero-order valence-corrected chi connectivity index (χ0v) is 10.5. The van der Waals surface area contributed by atoms with E-state index in [2.05, 4.69) is 10.2 Å². The molecule has 0 unspecified atom stereocenters. The Balaban J connectivity index is 2.05. The van der Waals surface area contributed by atoms with Gasteiger partial charge in [-0.1, -0.05) is 0 Å². The number of carbonyl (C=O) groups excluding carboxylic acids is 1. The average Bonchev–Trinajstić information content (AvgIpc) is 2.38. The second-order valence-corrected chi connectivity index (χ2v) is 4.24. The number of hydrogen-bond donors (Lipinski definition) is 0. The van der Waals surface area contributed by atoms with E-state index in [0.717, 1.165) is 17.1 Å². The third-order valence-electron chi connectivity index (χ3n) is 2.60. The largest absolute Gasteiger partial charge is 0.378 e. The topological polar surface area (TPSA) is 45.0 Å². The van der Waals surface area contributed by atoms with E-state index < -0.39 is 0 Å². The van der Waals surface area contributed by atoms with E-state index in [1.54, 1.807) is 12.2 Å². The second kappa shape index (κ2) is 5.40. The number of anilines is 1. The fraction of sp³-hybridized carbons (Fsp3) is 0.214. The van der Waals surface area contributed by atoms with Gasteiger partial charge in [-0.15, -0.1) is 0 Å². The molecule has 0 radical (unpaired) electrons. The summed E-state index contributed by atoms with van der Waals surface area (Å²) in [7, 11) is 3.98. The first-order chi connectivity index (χ1) is 8.65. The summed E-state index contributed by atoms with van der Waals surface area (Å²) in [6.07, 6.45) is 5.40. The van der Waals surface area contributed by atoms with Gasteiger partial charge in [-0.05, 0) is 42.5 Å². The smallest absolute Gasteiger partial charge is 0.159 e. The number of azo groups is 1. The molecule has 0 amide bonds. The van der Waals surface area contributed by atoms with Crippen molar-refractivity contribution in [2.45, 2.75) is 6.42 Å². The molecule has 0 heterocycles. The van der Waals surface area contributed by atoms with Crippen LogP contribution in [0.1, 0.15) is 6.42 Å². The van der Waals surface area contributed by atoms with Crippen LogP contribution >= 0.6 is 0 Å². The maximum atomic E-state index is 11.0. The Morgan fingerprint density at radius 1 is 1.06 bits per heavy atom. The third-order valence-corrected chi connectivity index (χ3v) is 2.60. The van der Waals surface area contributed by atoms with Crippen molar-refractivity contribution >= 4 is 17.2 Å². The molecule has 1 aromatic carbocycles. The number of allylic oxidation sites excluding steroid dienone is 3. The summed E-state index contributed by atoms with van der Waals surface area (Å²) in [5.74, 6) is 0.101. The molecule has 2 rings (SSSR count). The minimum absolute atomic E-state index is 0.101. The lowest BCUT2D eigenvalue weighted by Crippen LogP contribution is -2.07. The minimum Gasteiger partial charge on any atom is -0.378 e. The third kappa shape index (κ3) is 3.13. The molecular weight excluding hydrogens is 226 g/mol. The zero-order chi connectivity index (χ0) is 13.0. The van der Waals surface area contributed by atoms with E-state index in [1.807, 2.05) is 43.3 Å². The van der Waals surface area contributed by atoms with Gasteiger partial charge in [0.25, 0.3) is 0 Å². The summed E-state index contributed by atoms with van der Waals surface area (Å²) >= 11 is 0. The molecule has 0 atom stereocenters. The number of hydrogen-bond acceptors (Lipinski definition) is 4. The Labute approximate surface area is 106 Å². The molecule has 4 heteroatoms. The Morgan fingerprint density at radius 3 is 2.33 bits per heavy atom. The number of nitrogens with zero attached hydrogens (tertiary/aromatic N) is 3. The lowest BCUT2D eigenvalue weighted by Gasteiger charge is -2.11. The van der Waals surface area contributed by atoms with Gasteiger partial charge in [0, 0.05) is 26.2 Å². The molecule has 18 heavy (non-hydrogen) atoms. The number of benzene rings is 1. The Morgan fingerprint density at radius 2 is 1.78 bits per heavy atom. The molecule has 1 aromatic rings. The van der Waals surface area contributed by atoms with Gasteiger partial charge in [0.05, 0.1) is 11.4 Å². The highest BCUT2D eigenvalue weighted by Gasteiger charge is 2.02. The Hall–Kier alpha value is -2.23. The van der Waals surface area contributed by atoms with Gasteiger partial charge < -0.3 is 4.90 Å². The lowest BCUT2D eigenvalue weighted by atomic mass is 10.1. The SMILES string of the molecule is CN(C)c1ccc(N=NC2=CCC(=O)C=C2)cc1. The van der Waals surface area contributed by atoms with Gasteiger partial charge in [-0.25, -0.2) is 0 Å². The molecule has 0 aromatic heterocycles. The van der Waals surface area contributed by atoms with Crippen molar-refractivity contribution in [3.05, 3.63) is 48.2 Å². The molecule has 0 saturated carbocycles. The van der Waals surface area contributed by atoms with Crippen molar-refractivity contribution in [1.29, 1.82) is 0 Å². The number of rotatable bonds is 3. The molecule has 92 valence electrons. The Kier molecular flexibility index (Phi) is 3.67. The summed E-state index contributed by atoms with van der Waals surface area (Å²) in [6, 6.07) is 7.81. The molecule has 0 spiro atoms. The summed E-state index contributed by atoms with van der Waals surface area (Å²) in [6.45, 7) is 0. The van der Waals surface area contributed by atoms with Crippen LogP contribution in [0.3, 0.4) is 0 Å². The fourth-order valence-corrected chi connectivity index (χ4v) is 1.53. The molecule has 0 N–H and O–H groups in total. The standard InChI is InChI=1S/C14H15N3O/c1-17(2)13-7-3-11(4-8-13)15-16-12-5-9-14(18)10-6-12/h3-9H,10H2,1-2H3. The maximum absolute atomic E-state index is 11.0.